The lowest BCUT2D eigenvalue weighted by Gasteiger charge is -2.14. The van der Waals surface area contributed by atoms with Gasteiger partial charge in [0.05, 0.1) is 6.54 Å². The number of carboxylic acid groups (broad SMARTS) is 1. The number of thiophene rings is 1. The van der Waals surface area contributed by atoms with Crippen LogP contribution in [0.2, 0.25) is 0 Å². The highest BCUT2D eigenvalue weighted by Gasteiger charge is 2.15. The third-order valence-corrected chi connectivity index (χ3v) is 3.44. The molecule has 0 saturated carbocycles. The van der Waals surface area contributed by atoms with E-state index in [1.807, 2.05) is 26.0 Å². The molecule has 2 amide bonds. The second-order valence-electron chi connectivity index (χ2n) is 4.33. The Morgan fingerprint density at radius 3 is 2.63 bits per heavy atom. The van der Waals surface area contributed by atoms with Crippen LogP contribution in [-0.4, -0.2) is 40.9 Å². The van der Waals surface area contributed by atoms with Crippen LogP contribution in [0.5, 0.6) is 0 Å². The number of amides is 2. The van der Waals surface area contributed by atoms with E-state index in [9.17, 15) is 9.59 Å². The fourth-order valence-corrected chi connectivity index (χ4v) is 2.52. The molecule has 1 aromatic rings. The molecule has 1 rings (SSSR count). The average Bonchev–Trinajstić information content (AvgIpc) is 2.71. The molecule has 19 heavy (non-hydrogen) atoms. The smallest absolute Gasteiger partial charge is 0.334 e. The Balaban J connectivity index is 2.30. The number of aliphatic hydroxyl groups is 1. The monoisotopic (exact) mass is 286 g/mol. The van der Waals surface area contributed by atoms with Crippen LogP contribution >= 0.6 is 11.3 Å². The third-order valence-electron chi connectivity index (χ3n) is 2.42. The summed E-state index contributed by atoms with van der Waals surface area (Å²) in [6.07, 6.45) is -0.867. The molecule has 7 heteroatoms. The molecule has 0 aromatic carbocycles. The van der Waals surface area contributed by atoms with Gasteiger partial charge in [0.25, 0.3) is 0 Å². The van der Waals surface area contributed by atoms with Gasteiger partial charge in [0.2, 0.25) is 0 Å². The lowest BCUT2D eigenvalue weighted by molar-refractivity contribution is -0.146. The number of aliphatic hydroxyl groups excluding tert-OH is 1. The summed E-state index contributed by atoms with van der Waals surface area (Å²) in [5.74, 6) is -1.36. The number of carbonyl (C=O) groups excluding carboxylic acids is 1. The summed E-state index contributed by atoms with van der Waals surface area (Å²) in [7, 11) is 0. The number of aryl methyl sites for hydroxylation is 1. The van der Waals surface area contributed by atoms with Crippen LogP contribution in [0.25, 0.3) is 0 Å². The molecule has 1 aromatic heterocycles. The predicted molar refractivity (Wildman–Crippen MR) is 72.4 cm³/mol. The minimum absolute atomic E-state index is 0.0694. The lowest BCUT2D eigenvalue weighted by atomic mass is 10.2. The van der Waals surface area contributed by atoms with Crippen molar-refractivity contribution < 1.29 is 19.8 Å². The molecule has 1 heterocycles. The zero-order valence-electron chi connectivity index (χ0n) is 10.8. The van der Waals surface area contributed by atoms with Gasteiger partial charge >= 0.3 is 12.0 Å². The number of nitrogens with one attached hydrogen (secondary N) is 2. The predicted octanol–water partition coefficient (Wildman–Crippen LogP) is 0.732. The maximum Gasteiger partial charge on any atom is 0.334 e. The number of carboxylic acids is 1. The SMILES string of the molecule is Cc1ccc(CC(C)NC(=O)NCC(O)C(=O)O)s1. The molecule has 0 aliphatic heterocycles. The number of hydrogen-bond acceptors (Lipinski definition) is 4. The molecular formula is C12H18N2O4S. The standard InChI is InChI=1S/C12H18N2O4S/c1-7(5-9-4-3-8(2)19-9)14-12(18)13-6-10(15)11(16)17/h3-4,7,10,15H,5-6H2,1-2H3,(H,16,17)(H2,13,14,18). The molecule has 6 nitrogen and oxygen atoms in total. The molecule has 0 fully saturated rings. The minimum atomic E-state index is -1.58. The van der Waals surface area contributed by atoms with Crippen molar-refractivity contribution in [2.45, 2.75) is 32.4 Å². The molecule has 0 saturated heterocycles. The van der Waals surface area contributed by atoms with Gasteiger partial charge < -0.3 is 20.8 Å². The van der Waals surface area contributed by atoms with E-state index in [-0.39, 0.29) is 12.6 Å². The molecule has 0 aliphatic carbocycles. The first-order valence-electron chi connectivity index (χ1n) is 5.89. The summed E-state index contributed by atoms with van der Waals surface area (Å²) in [5, 5.41) is 22.5. The Morgan fingerprint density at radius 1 is 1.42 bits per heavy atom. The minimum Gasteiger partial charge on any atom is -0.479 e. The summed E-state index contributed by atoms with van der Waals surface area (Å²) >= 11 is 1.68. The van der Waals surface area contributed by atoms with E-state index in [0.717, 1.165) is 0 Å². The van der Waals surface area contributed by atoms with Crippen molar-refractivity contribution >= 4 is 23.3 Å². The van der Waals surface area contributed by atoms with Gasteiger partial charge in [-0.2, -0.15) is 0 Å². The zero-order chi connectivity index (χ0) is 14.4. The van der Waals surface area contributed by atoms with E-state index in [2.05, 4.69) is 10.6 Å². The van der Waals surface area contributed by atoms with E-state index >= 15 is 0 Å². The van der Waals surface area contributed by atoms with Crippen LogP contribution < -0.4 is 10.6 Å². The van der Waals surface area contributed by atoms with Crippen molar-refractivity contribution in [1.82, 2.24) is 10.6 Å². The molecule has 106 valence electrons. The maximum absolute atomic E-state index is 11.5. The Hall–Kier alpha value is -1.60. The first kappa shape index (κ1) is 15.5. The van der Waals surface area contributed by atoms with Gasteiger partial charge in [0.15, 0.2) is 6.10 Å². The Morgan fingerprint density at radius 2 is 2.11 bits per heavy atom. The normalized spacial score (nSPS) is 13.6. The lowest BCUT2D eigenvalue weighted by Crippen LogP contribution is -2.45. The number of urea groups is 1. The van der Waals surface area contributed by atoms with E-state index in [1.165, 1.54) is 9.75 Å². The van der Waals surface area contributed by atoms with Gasteiger partial charge in [-0.3, -0.25) is 0 Å². The van der Waals surface area contributed by atoms with Crippen molar-refractivity contribution in [2.24, 2.45) is 0 Å². The number of carbonyl (C=O) groups is 2. The van der Waals surface area contributed by atoms with Crippen LogP contribution in [0.3, 0.4) is 0 Å². The van der Waals surface area contributed by atoms with Gasteiger partial charge in [0, 0.05) is 22.2 Å². The van der Waals surface area contributed by atoms with Gasteiger partial charge in [-0.05, 0) is 26.0 Å². The van der Waals surface area contributed by atoms with Crippen LogP contribution in [-0.2, 0) is 11.2 Å². The Kier molecular flexibility index (Phi) is 5.78. The van der Waals surface area contributed by atoms with E-state index in [4.69, 9.17) is 10.2 Å². The van der Waals surface area contributed by atoms with E-state index < -0.39 is 18.1 Å². The second kappa shape index (κ2) is 7.10. The molecule has 0 aliphatic rings. The fourth-order valence-electron chi connectivity index (χ4n) is 1.50. The van der Waals surface area contributed by atoms with E-state index in [0.29, 0.717) is 6.42 Å². The topological polar surface area (TPSA) is 98.7 Å². The zero-order valence-corrected chi connectivity index (χ0v) is 11.7. The second-order valence-corrected chi connectivity index (χ2v) is 5.70. The van der Waals surface area contributed by atoms with E-state index in [1.54, 1.807) is 11.3 Å². The number of hydrogen-bond donors (Lipinski definition) is 4. The molecule has 2 unspecified atom stereocenters. The molecule has 0 radical (unpaired) electrons. The molecule has 0 spiro atoms. The summed E-state index contributed by atoms with van der Waals surface area (Å²) in [6.45, 7) is 3.57. The first-order chi connectivity index (χ1) is 8.88. The van der Waals surface area contributed by atoms with Gasteiger partial charge in [0.1, 0.15) is 0 Å². The highest BCUT2D eigenvalue weighted by molar-refractivity contribution is 7.11. The molecule has 4 N–H and O–H groups in total. The van der Waals surface area contributed by atoms with Crippen LogP contribution in [0.15, 0.2) is 12.1 Å². The van der Waals surface area contributed by atoms with Crippen LogP contribution in [0.4, 0.5) is 4.79 Å². The highest BCUT2D eigenvalue weighted by Crippen LogP contribution is 2.16. The van der Waals surface area contributed by atoms with Crippen LogP contribution in [0.1, 0.15) is 16.7 Å². The third kappa shape index (κ3) is 5.71. The van der Waals surface area contributed by atoms with Crippen molar-refractivity contribution in [3.8, 4) is 0 Å². The summed E-state index contributed by atoms with van der Waals surface area (Å²) in [5.41, 5.74) is 0. The number of rotatable bonds is 6. The molecular weight excluding hydrogens is 268 g/mol. The van der Waals surface area contributed by atoms with Crippen molar-refractivity contribution in [2.75, 3.05) is 6.54 Å². The fraction of sp³-hybridized carbons (Fsp3) is 0.500. The summed E-state index contributed by atoms with van der Waals surface area (Å²) < 4.78 is 0. The number of aliphatic carboxylic acids is 1. The molecule has 2 atom stereocenters. The summed E-state index contributed by atoms with van der Waals surface area (Å²) in [6, 6.07) is 3.49. The van der Waals surface area contributed by atoms with Crippen LogP contribution in [0, 0.1) is 6.92 Å². The average molecular weight is 286 g/mol. The quantitative estimate of drug-likeness (QED) is 0.619. The Labute approximate surface area is 115 Å². The van der Waals surface area contributed by atoms with Gasteiger partial charge in [-0.15, -0.1) is 11.3 Å². The van der Waals surface area contributed by atoms with Crippen molar-refractivity contribution in [1.29, 1.82) is 0 Å². The Bertz CT molecular complexity index is 447. The molecule has 0 bridgehead atoms. The van der Waals surface area contributed by atoms with Crippen molar-refractivity contribution in [3.63, 3.8) is 0 Å². The van der Waals surface area contributed by atoms with Crippen molar-refractivity contribution in [3.05, 3.63) is 21.9 Å². The first-order valence-corrected chi connectivity index (χ1v) is 6.70. The summed E-state index contributed by atoms with van der Waals surface area (Å²) in [4.78, 5) is 24.2. The maximum atomic E-state index is 11.5. The highest BCUT2D eigenvalue weighted by atomic mass is 32.1. The van der Waals surface area contributed by atoms with Gasteiger partial charge in [-0.1, -0.05) is 0 Å². The van der Waals surface area contributed by atoms with Gasteiger partial charge in [-0.25, -0.2) is 9.59 Å². The largest absolute Gasteiger partial charge is 0.479 e.